The van der Waals surface area contributed by atoms with Crippen molar-refractivity contribution in [1.29, 1.82) is 0 Å². The van der Waals surface area contributed by atoms with Gasteiger partial charge in [-0.25, -0.2) is 0 Å². The highest BCUT2D eigenvalue weighted by Gasteiger charge is 2.28. The summed E-state index contributed by atoms with van der Waals surface area (Å²) in [5, 5.41) is 0. The predicted molar refractivity (Wildman–Crippen MR) is 50.5 cm³/mol. The molecule has 1 saturated carbocycles. The van der Waals surface area contributed by atoms with Crippen LogP contribution in [0.1, 0.15) is 47.0 Å². The van der Waals surface area contributed by atoms with Crippen molar-refractivity contribution in [3.05, 3.63) is 0 Å². The fraction of sp³-hybridized carbons (Fsp3) is 1.00. The number of rotatable bonds is 4. The Morgan fingerprint density at radius 1 is 1.00 bits per heavy atom. The lowest BCUT2D eigenvalue weighted by Gasteiger charge is -2.24. The van der Waals surface area contributed by atoms with Gasteiger partial charge in [-0.05, 0) is 30.1 Å². The maximum atomic E-state index is 2.37. The predicted octanol–water partition coefficient (Wildman–Crippen LogP) is 3.71. The molecule has 0 heterocycles. The SMILES string of the molecule is CC(C)C(CC1CC1)C(C)C. The zero-order valence-electron chi connectivity index (χ0n) is 8.43. The van der Waals surface area contributed by atoms with Crippen molar-refractivity contribution < 1.29 is 0 Å². The lowest BCUT2D eigenvalue weighted by atomic mass is 9.82. The molecule has 0 spiro atoms. The highest BCUT2D eigenvalue weighted by atomic mass is 14.3. The summed E-state index contributed by atoms with van der Waals surface area (Å²) in [7, 11) is 0. The minimum absolute atomic E-state index is 0.885. The van der Waals surface area contributed by atoms with Crippen LogP contribution in [-0.4, -0.2) is 0 Å². The topological polar surface area (TPSA) is 0 Å². The van der Waals surface area contributed by atoms with Gasteiger partial charge in [0.1, 0.15) is 0 Å². The summed E-state index contributed by atoms with van der Waals surface area (Å²) >= 11 is 0. The van der Waals surface area contributed by atoms with E-state index in [4.69, 9.17) is 0 Å². The largest absolute Gasteiger partial charge is 0.0625 e. The average Bonchev–Trinajstić information content (AvgIpc) is 2.63. The van der Waals surface area contributed by atoms with Crippen LogP contribution in [0.3, 0.4) is 0 Å². The Kier molecular flexibility index (Phi) is 2.98. The second-order valence-electron chi connectivity index (χ2n) is 4.83. The van der Waals surface area contributed by atoms with Crippen LogP contribution < -0.4 is 0 Å². The molecule has 0 N–H and O–H groups in total. The molecule has 0 bridgehead atoms. The van der Waals surface area contributed by atoms with E-state index in [0.717, 1.165) is 23.7 Å². The average molecular weight is 154 g/mol. The summed E-state index contributed by atoms with van der Waals surface area (Å²) in [4.78, 5) is 0. The second-order valence-corrected chi connectivity index (χ2v) is 4.83. The summed E-state index contributed by atoms with van der Waals surface area (Å²) < 4.78 is 0. The summed E-state index contributed by atoms with van der Waals surface area (Å²) in [5.74, 6) is 3.85. The molecule has 0 unspecified atom stereocenters. The van der Waals surface area contributed by atoms with Crippen LogP contribution in [-0.2, 0) is 0 Å². The third-order valence-electron chi connectivity index (χ3n) is 3.02. The molecule has 0 radical (unpaired) electrons. The zero-order chi connectivity index (χ0) is 8.43. The Balaban J connectivity index is 2.31. The Bertz CT molecular complexity index is 101. The smallest absolute Gasteiger partial charge is 0.0365 e. The van der Waals surface area contributed by atoms with Crippen LogP contribution in [0.15, 0.2) is 0 Å². The fourth-order valence-corrected chi connectivity index (χ4v) is 2.05. The Labute approximate surface area is 71.4 Å². The van der Waals surface area contributed by atoms with Crippen molar-refractivity contribution in [3.8, 4) is 0 Å². The van der Waals surface area contributed by atoms with Crippen molar-refractivity contribution in [1.82, 2.24) is 0 Å². The molecule has 0 nitrogen and oxygen atoms in total. The van der Waals surface area contributed by atoms with Crippen LogP contribution in [0.4, 0.5) is 0 Å². The van der Waals surface area contributed by atoms with E-state index >= 15 is 0 Å². The van der Waals surface area contributed by atoms with E-state index in [-0.39, 0.29) is 0 Å². The highest BCUT2D eigenvalue weighted by molar-refractivity contribution is 4.79. The molecule has 11 heavy (non-hydrogen) atoms. The van der Waals surface area contributed by atoms with E-state index in [2.05, 4.69) is 27.7 Å². The van der Waals surface area contributed by atoms with Crippen LogP contribution in [0.5, 0.6) is 0 Å². The first kappa shape index (κ1) is 9.09. The van der Waals surface area contributed by atoms with E-state index in [1.807, 2.05) is 0 Å². The minimum atomic E-state index is 0.885. The third-order valence-corrected chi connectivity index (χ3v) is 3.02. The molecule has 1 aliphatic carbocycles. The second kappa shape index (κ2) is 3.60. The van der Waals surface area contributed by atoms with Crippen molar-refractivity contribution in [2.24, 2.45) is 23.7 Å². The molecule has 0 saturated heterocycles. The quantitative estimate of drug-likeness (QED) is 0.579. The first-order chi connectivity index (χ1) is 5.11. The van der Waals surface area contributed by atoms with Crippen molar-refractivity contribution in [2.75, 3.05) is 0 Å². The summed E-state index contributed by atoms with van der Waals surface area (Å²) in [5.41, 5.74) is 0. The van der Waals surface area contributed by atoms with Crippen LogP contribution in [0.25, 0.3) is 0 Å². The van der Waals surface area contributed by atoms with Crippen LogP contribution in [0, 0.1) is 23.7 Å². The lowest BCUT2D eigenvalue weighted by Crippen LogP contribution is -2.16. The molecule has 66 valence electrons. The molecular formula is C11H22. The fourth-order valence-electron chi connectivity index (χ4n) is 2.05. The van der Waals surface area contributed by atoms with Gasteiger partial charge in [-0.1, -0.05) is 40.5 Å². The van der Waals surface area contributed by atoms with E-state index in [9.17, 15) is 0 Å². The van der Waals surface area contributed by atoms with Gasteiger partial charge < -0.3 is 0 Å². The molecule has 1 fully saturated rings. The van der Waals surface area contributed by atoms with Gasteiger partial charge >= 0.3 is 0 Å². The monoisotopic (exact) mass is 154 g/mol. The zero-order valence-corrected chi connectivity index (χ0v) is 8.43. The van der Waals surface area contributed by atoms with Gasteiger partial charge in [-0.3, -0.25) is 0 Å². The standard InChI is InChI=1S/C11H22/c1-8(2)11(9(3)4)7-10-5-6-10/h8-11H,5-7H2,1-4H3. The van der Waals surface area contributed by atoms with E-state index in [1.54, 1.807) is 0 Å². The Hall–Kier alpha value is 0. The highest BCUT2D eigenvalue weighted by Crippen LogP contribution is 2.39. The maximum absolute atomic E-state index is 2.37. The maximum Gasteiger partial charge on any atom is -0.0365 e. The molecule has 1 rings (SSSR count). The molecule has 0 atom stereocenters. The van der Waals surface area contributed by atoms with Gasteiger partial charge in [0.25, 0.3) is 0 Å². The van der Waals surface area contributed by atoms with Gasteiger partial charge in [0.2, 0.25) is 0 Å². The van der Waals surface area contributed by atoms with E-state index in [1.165, 1.54) is 19.3 Å². The molecule has 1 aliphatic rings. The summed E-state index contributed by atoms with van der Waals surface area (Å²) in [6, 6.07) is 0. The van der Waals surface area contributed by atoms with Gasteiger partial charge in [0.15, 0.2) is 0 Å². The Morgan fingerprint density at radius 2 is 1.45 bits per heavy atom. The van der Waals surface area contributed by atoms with Crippen LogP contribution in [0.2, 0.25) is 0 Å². The first-order valence-electron chi connectivity index (χ1n) is 5.11. The normalized spacial score (nSPS) is 18.8. The van der Waals surface area contributed by atoms with Gasteiger partial charge in [0, 0.05) is 0 Å². The van der Waals surface area contributed by atoms with Gasteiger partial charge in [0.05, 0.1) is 0 Å². The summed E-state index contributed by atoms with van der Waals surface area (Å²) in [6.45, 7) is 9.47. The molecule has 0 aromatic rings. The van der Waals surface area contributed by atoms with Gasteiger partial charge in [-0.15, -0.1) is 0 Å². The van der Waals surface area contributed by atoms with Crippen molar-refractivity contribution in [3.63, 3.8) is 0 Å². The molecular weight excluding hydrogens is 132 g/mol. The number of hydrogen-bond acceptors (Lipinski definition) is 0. The van der Waals surface area contributed by atoms with Crippen LogP contribution >= 0.6 is 0 Å². The van der Waals surface area contributed by atoms with E-state index in [0.29, 0.717) is 0 Å². The third kappa shape index (κ3) is 2.84. The molecule has 0 aliphatic heterocycles. The lowest BCUT2D eigenvalue weighted by molar-refractivity contribution is 0.257. The van der Waals surface area contributed by atoms with E-state index < -0.39 is 0 Å². The molecule has 0 heteroatoms. The minimum Gasteiger partial charge on any atom is -0.0625 e. The number of hydrogen-bond donors (Lipinski definition) is 0. The molecule has 0 amide bonds. The van der Waals surface area contributed by atoms with Crippen molar-refractivity contribution >= 4 is 0 Å². The Morgan fingerprint density at radius 3 is 1.73 bits per heavy atom. The summed E-state index contributed by atoms with van der Waals surface area (Å²) in [6.07, 6.45) is 4.52. The van der Waals surface area contributed by atoms with Gasteiger partial charge in [-0.2, -0.15) is 0 Å². The van der Waals surface area contributed by atoms with Crippen molar-refractivity contribution in [2.45, 2.75) is 47.0 Å². The first-order valence-corrected chi connectivity index (χ1v) is 5.11. The molecule has 0 aromatic carbocycles. The molecule has 0 aromatic heterocycles.